The highest BCUT2D eigenvalue weighted by atomic mass is 32.1. The highest BCUT2D eigenvalue weighted by Gasteiger charge is 2.14. The Labute approximate surface area is 112 Å². The number of benzene rings is 2. The van der Waals surface area contributed by atoms with Crippen LogP contribution in [0.15, 0.2) is 48.5 Å². The zero-order chi connectivity index (χ0) is 13.0. The lowest BCUT2D eigenvalue weighted by Crippen LogP contribution is -2.03. The molecule has 2 aromatic rings. The first-order chi connectivity index (χ1) is 8.77. The van der Waals surface area contributed by atoms with E-state index in [1.54, 1.807) is 14.2 Å². The van der Waals surface area contributed by atoms with Crippen LogP contribution in [0.2, 0.25) is 0 Å². The Kier molecular flexibility index (Phi) is 3.95. The van der Waals surface area contributed by atoms with Crippen molar-refractivity contribution >= 4 is 17.1 Å². The topological polar surface area (TPSA) is 18.5 Å². The number of hydrogen-bond acceptors (Lipinski definition) is 3. The van der Waals surface area contributed by atoms with Gasteiger partial charge in [-0.2, -0.15) is 0 Å². The maximum atomic E-state index is 5.51. The van der Waals surface area contributed by atoms with E-state index in [4.69, 9.17) is 21.7 Å². The molecule has 92 valence electrons. The van der Waals surface area contributed by atoms with Crippen molar-refractivity contribution in [1.82, 2.24) is 0 Å². The zero-order valence-electron chi connectivity index (χ0n) is 10.3. The number of methoxy groups -OCH3 is 2. The molecule has 0 atom stereocenters. The van der Waals surface area contributed by atoms with Crippen molar-refractivity contribution in [2.24, 2.45) is 0 Å². The Balaban J connectivity index is 2.48. The van der Waals surface area contributed by atoms with Gasteiger partial charge in [-0.1, -0.05) is 48.6 Å². The number of thiocarbonyl (C=S) groups is 1. The van der Waals surface area contributed by atoms with E-state index in [1.165, 1.54) is 0 Å². The van der Waals surface area contributed by atoms with E-state index in [0.29, 0.717) is 11.5 Å². The lowest BCUT2D eigenvalue weighted by Gasteiger charge is -2.13. The van der Waals surface area contributed by atoms with Crippen molar-refractivity contribution in [2.75, 3.05) is 14.2 Å². The SMILES string of the molecule is COc1cccc(C(=S)c2ccccc2)c1OC. The van der Waals surface area contributed by atoms with Crippen LogP contribution in [0.1, 0.15) is 11.1 Å². The fourth-order valence-electron chi connectivity index (χ4n) is 1.81. The van der Waals surface area contributed by atoms with Gasteiger partial charge in [-0.05, 0) is 17.7 Å². The third-order valence-electron chi connectivity index (χ3n) is 2.68. The Hall–Kier alpha value is -1.87. The molecule has 0 fully saturated rings. The average Bonchev–Trinajstić information content (AvgIpc) is 2.46. The van der Waals surface area contributed by atoms with E-state index in [0.717, 1.165) is 16.0 Å². The van der Waals surface area contributed by atoms with Crippen molar-refractivity contribution < 1.29 is 9.47 Å². The number of para-hydroxylation sites is 1. The summed E-state index contributed by atoms with van der Waals surface area (Å²) in [4.78, 5) is 0.756. The molecule has 2 aromatic carbocycles. The molecule has 3 heteroatoms. The summed E-state index contributed by atoms with van der Waals surface area (Å²) in [7, 11) is 3.24. The molecule has 0 saturated carbocycles. The molecule has 0 spiro atoms. The standard InChI is InChI=1S/C15H14O2S/c1-16-13-10-6-9-12(14(13)17-2)15(18)11-7-4-3-5-8-11/h3-10H,1-2H3. The summed E-state index contributed by atoms with van der Waals surface area (Å²) in [5.41, 5.74) is 1.87. The van der Waals surface area contributed by atoms with E-state index in [9.17, 15) is 0 Å². The molecule has 0 aliphatic carbocycles. The van der Waals surface area contributed by atoms with Gasteiger partial charge in [-0.15, -0.1) is 0 Å². The van der Waals surface area contributed by atoms with Crippen molar-refractivity contribution in [3.63, 3.8) is 0 Å². The quantitative estimate of drug-likeness (QED) is 0.618. The summed E-state index contributed by atoms with van der Waals surface area (Å²) in [6.45, 7) is 0. The summed E-state index contributed by atoms with van der Waals surface area (Å²) in [5.74, 6) is 1.36. The van der Waals surface area contributed by atoms with Crippen LogP contribution in [0, 0.1) is 0 Å². The van der Waals surface area contributed by atoms with Gasteiger partial charge in [0.25, 0.3) is 0 Å². The second-order valence-corrected chi connectivity index (χ2v) is 4.14. The first-order valence-corrected chi connectivity index (χ1v) is 5.99. The van der Waals surface area contributed by atoms with Gasteiger partial charge in [0.1, 0.15) is 0 Å². The van der Waals surface area contributed by atoms with E-state index < -0.39 is 0 Å². The lowest BCUT2D eigenvalue weighted by molar-refractivity contribution is 0.354. The minimum atomic E-state index is 0.675. The molecule has 0 radical (unpaired) electrons. The molecule has 2 rings (SSSR count). The second kappa shape index (κ2) is 5.65. The Morgan fingerprint density at radius 3 is 2.22 bits per heavy atom. The number of hydrogen-bond donors (Lipinski definition) is 0. The van der Waals surface area contributed by atoms with Gasteiger partial charge in [0.05, 0.1) is 19.1 Å². The first-order valence-electron chi connectivity index (χ1n) is 5.58. The second-order valence-electron chi connectivity index (χ2n) is 3.74. The van der Waals surface area contributed by atoms with Gasteiger partial charge >= 0.3 is 0 Å². The molecular formula is C15H14O2S. The van der Waals surface area contributed by atoms with E-state index in [2.05, 4.69) is 0 Å². The van der Waals surface area contributed by atoms with Crippen LogP contribution < -0.4 is 9.47 Å². The van der Waals surface area contributed by atoms with Crippen molar-refractivity contribution in [2.45, 2.75) is 0 Å². The Morgan fingerprint density at radius 2 is 1.61 bits per heavy atom. The maximum Gasteiger partial charge on any atom is 0.169 e. The van der Waals surface area contributed by atoms with Crippen LogP contribution in [0.5, 0.6) is 11.5 Å². The minimum Gasteiger partial charge on any atom is -0.493 e. The molecule has 0 saturated heterocycles. The van der Waals surface area contributed by atoms with Gasteiger partial charge < -0.3 is 9.47 Å². The monoisotopic (exact) mass is 258 g/mol. The molecule has 0 N–H and O–H groups in total. The Bertz CT molecular complexity index is 550. The average molecular weight is 258 g/mol. The van der Waals surface area contributed by atoms with Crippen LogP contribution in [0.3, 0.4) is 0 Å². The highest BCUT2D eigenvalue weighted by Crippen LogP contribution is 2.32. The molecule has 0 aliphatic heterocycles. The van der Waals surface area contributed by atoms with Gasteiger partial charge in [0.15, 0.2) is 11.5 Å². The molecule has 0 bridgehead atoms. The van der Waals surface area contributed by atoms with Crippen LogP contribution in [-0.2, 0) is 0 Å². The smallest absolute Gasteiger partial charge is 0.169 e. The summed E-state index contributed by atoms with van der Waals surface area (Å²) >= 11 is 5.51. The molecule has 0 heterocycles. The van der Waals surface area contributed by atoms with E-state index >= 15 is 0 Å². The van der Waals surface area contributed by atoms with Gasteiger partial charge in [0.2, 0.25) is 0 Å². The number of ether oxygens (including phenoxy) is 2. The lowest BCUT2D eigenvalue weighted by atomic mass is 10.0. The number of rotatable bonds is 4. The fourth-order valence-corrected chi connectivity index (χ4v) is 2.11. The molecule has 0 amide bonds. The predicted molar refractivity (Wildman–Crippen MR) is 76.8 cm³/mol. The molecule has 0 unspecified atom stereocenters. The minimum absolute atomic E-state index is 0.675. The molecule has 18 heavy (non-hydrogen) atoms. The third-order valence-corrected chi connectivity index (χ3v) is 3.14. The van der Waals surface area contributed by atoms with E-state index in [-0.39, 0.29) is 0 Å². The molecule has 2 nitrogen and oxygen atoms in total. The normalized spacial score (nSPS) is 9.89. The van der Waals surface area contributed by atoms with Crippen molar-refractivity contribution in [3.8, 4) is 11.5 Å². The van der Waals surface area contributed by atoms with E-state index in [1.807, 2.05) is 48.5 Å². The molecular weight excluding hydrogens is 244 g/mol. The largest absolute Gasteiger partial charge is 0.493 e. The highest BCUT2D eigenvalue weighted by molar-refractivity contribution is 7.81. The third kappa shape index (κ3) is 2.36. The van der Waals surface area contributed by atoms with Crippen molar-refractivity contribution in [3.05, 3.63) is 59.7 Å². The van der Waals surface area contributed by atoms with Crippen LogP contribution in [0.25, 0.3) is 0 Å². The van der Waals surface area contributed by atoms with Gasteiger partial charge in [-0.25, -0.2) is 0 Å². The summed E-state index contributed by atoms with van der Waals surface area (Å²) in [6, 6.07) is 15.6. The summed E-state index contributed by atoms with van der Waals surface area (Å²) in [6.07, 6.45) is 0. The van der Waals surface area contributed by atoms with Crippen LogP contribution in [-0.4, -0.2) is 19.1 Å². The van der Waals surface area contributed by atoms with Gasteiger partial charge in [-0.3, -0.25) is 0 Å². The zero-order valence-corrected chi connectivity index (χ0v) is 11.2. The van der Waals surface area contributed by atoms with Crippen LogP contribution >= 0.6 is 12.2 Å². The Morgan fingerprint density at radius 1 is 0.889 bits per heavy atom. The summed E-state index contributed by atoms with van der Waals surface area (Å²) in [5, 5.41) is 0. The van der Waals surface area contributed by atoms with Crippen molar-refractivity contribution in [1.29, 1.82) is 0 Å². The molecule has 0 aromatic heterocycles. The fraction of sp³-hybridized carbons (Fsp3) is 0.133. The first kappa shape index (κ1) is 12.6. The summed E-state index contributed by atoms with van der Waals surface area (Å²) < 4.78 is 10.7. The predicted octanol–water partition coefficient (Wildman–Crippen LogP) is 3.47. The molecule has 0 aliphatic rings. The van der Waals surface area contributed by atoms with Crippen LogP contribution in [0.4, 0.5) is 0 Å². The van der Waals surface area contributed by atoms with Gasteiger partial charge in [0, 0.05) is 5.56 Å². The maximum absolute atomic E-state index is 5.51.